The Kier molecular flexibility index (Phi) is 5.63. The van der Waals surface area contributed by atoms with Crippen molar-refractivity contribution >= 4 is 23.7 Å². The first-order valence-corrected chi connectivity index (χ1v) is 10.4. The molecule has 0 N–H and O–H groups in total. The van der Waals surface area contributed by atoms with Crippen LogP contribution in [0.4, 0.5) is 0 Å². The normalized spacial score (nSPS) is 17.4. The van der Waals surface area contributed by atoms with Gasteiger partial charge in [-0.3, -0.25) is 9.59 Å². The predicted octanol–water partition coefficient (Wildman–Crippen LogP) is 3.82. The lowest BCUT2D eigenvalue weighted by molar-refractivity contribution is -0.129. The molecule has 1 fully saturated rings. The van der Waals surface area contributed by atoms with E-state index in [-0.39, 0.29) is 11.7 Å². The summed E-state index contributed by atoms with van der Waals surface area (Å²) in [5, 5.41) is 0. The molecule has 0 aromatic heterocycles. The van der Waals surface area contributed by atoms with Crippen LogP contribution in [-0.4, -0.2) is 48.4 Å². The van der Waals surface area contributed by atoms with Gasteiger partial charge in [0.25, 0.3) is 0 Å². The predicted molar refractivity (Wildman–Crippen MR) is 116 cm³/mol. The topological polar surface area (TPSA) is 72.9 Å². The monoisotopic (exact) mass is 419 g/mol. The number of rotatable bonds is 3. The number of nitrogens with zero attached hydrogens (tertiary/aromatic N) is 1. The second-order valence-corrected chi connectivity index (χ2v) is 8.16. The molecule has 0 saturated carbocycles. The zero-order valence-corrected chi connectivity index (χ0v) is 17.7. The van der Waals surface area contributed by atoms with Gasteiger partial charge in [-0.25, -0.2) is 4.79 Å². The molecule has 0 atom stereocenters. The SMILES string of the molecule is COC(=O)c1ccc(/C=C/C(=O)N2CCC3(CC2)CC(=O)c2cc(C)ccc2O3)cc1. The van der Waals surface area contributed by atoms with Gasteiger partial charge in [-0.05, 0) is 42.8 Å². The summed E-state index contributed by atoms with van der Waals surface area (Å²) in [4.78, 5) is 38.6. The molecular weight excluding hydrogens is 394 g/mol. The average Bonchev–Trinajstić information content (AvgIpc) is 2.78. The van der Waals surface area contributed by atoms with Gasteiger partial charge in [0.2, 0.25) is 5.91 Å². The van der Waals surface area contributed by atoms with Gasteiger partial charge >= 0.3 is 5.97 Å². The van der Waals surface area contributed by atoms with E-state index >= 15 is 0 Å². The molecule has 2 aromatic rings. The number of Topliss-reactive ketones (excluding diaryl/α,β-unsaturated/α-hetero) is 1. The third-order valence-electron chi connectivity index (χ3n) is 5.98. The van der Waals surface area contributed by atoms with E-state index in [1.807, 2.05) is 25.1 Å². The number of likely N-dealkylation sites (tertiary alicyclic amines) is 1. The molecule has 6 nitrogen and oxygen atoms in total. The number of fused-ring (bicyclic) bond motifs is 1. The zero-order chi connectivity index (χ0) is 22.0. The molecule has 2 aliphatic heterocycles. The summed E-state index contributed by atoms with van der Waals surface area (Å²) in [5.74, 6) is 0.289. The molecule has 31 heavy (non-hydrogen) atoms. The van der Waals surface area contributed by atoms with Crippen LogP contribution in [0.5, 0.6) is 5.75 Å². The highest BCUT2D eigenvalue weighted by molar-refractivity contribution is 6.00. The molecule has 1 spiro atoms. The molecule has 2 heterocycles. The number of benzene rings is 2. The highest BCUT2D eigenvalue weighted by atomic mass is 16.5. The Labute approximate surface area is 181 Å². The smallest absolute Gasteiger partial charge is 0.337 e. The van der Waals surface area contributed by atoms with Gasteiger partial charge in [0.1, 0.15) is 11.4 Å². The van der Waals surface area contributed by atoms with Crippen molar-refractivity contribution in [2.24, 2.45) is 0 Å². The van der Waals surface area contributed by atoms with Gasteiger partial charge in [-0.1, -0.05) is 23.8 Å². The number of piperidine rings is 1. The fourth-order valence-electron chi connectivity index (χ4n) is 4.14. The minimum absolute atomic E-state index is 0.0787. The summed E-state index contributed by atoms with van der Waals surface area (Å²) in [5.41, 5.74) is 2.46. The summed E-state index contributed by atoms with van der Waals surface area (Å²) >= 11 is 0. The van der Waals surface area contributed by atoms with Gasteiger partial charge in [0.15, 0.2) is 5.78 Å². The number of amides is 1. The summed E-state index contributed by atoms with van der Waals surface area (Å²) in [6.45, 7) is 3.04. The molecule has 2 aliphatic rings. The van der Waals surface area contributed by atoms with Crippen LogP contribution in [0, 0.1) is 6.92 Å². The van der Waals surface area contributed by atoms with E-state index in [0.717, 1.165) is 11.1 Å². The minimum atomic E-state index is -0.524. The lowest BCUT2D eigenvalue weighted by atomic mass is 9.82. The van der Waals surface area contributed by atoms with E-state index in [1.54, 1.807) is 35.2 Å². The average molecular weight is 419 g/mol. The van der Waals surface area contributed by atoms with Gasteiger partial charge in [0.05, 0.1) is 24.7 Å². The van der Waals surface area contributed by atoms with Gasteiger partial charge in [-0.2, -0.15) is 0 Å². The van der Waals surface area contributed by atoms with E-state index in [4.69, 9.17) is 4.74 Å². The maximum atomic E-state index is 12.7. The van der Waals surface area contributed by atoms with Crippen LogP contribution < -0.4 is 4.74 Å². The van der Waals surface area contributed by atoms with Crippen LogP contribution in [0.3, 0.4) is 0 Å². The molecule has 0 unspecified atom stereocenters. The van der Waals surface area contributed by atoms with Crippen LogP contribution in [-0.2, 0) is 9.53 Å². The molecule has 6 heteroatoms. The van der Waals surface area contributed by atoms with Crippen molar-refractivity contribution in [2.75, 3.05) is 20.2 Å². The van der Waals surface area contributed by atoms with Crippen molar-refractivity contribution in [1.29, 1.82) is 0 Å². The molecule has 0 radical (unpaired) electrons. The fraction of sp³-hybridized carbons (Fsp3) is 0.320. The van der Waals surface area contributed by atoms with Crippen LogP contribution in [0.2, 0.25) is 0 Å². The Bertz CT molecular complexity index is 1050. The van der Waals surface area contributed by atoms with Crippen LogP contribution in [0.15, 0.2) is 48.5 Å². The molecule has 4 rings (SSSR count). The molecule has 0 aliphatic carbocycles. The maximum Gasteiger partial charge on any atom is 0.337 e. The summed E-state index contributed by atoms with van der Waals surface area (Å²) in [6.07, 6.45) is 4.87. The van der Waals surface area contributed by atoms with E-state index in [0.29, 0.717) is 49.2 Å². The number of ether oxygens (including phenoxy) is 2. The number of esters is 1. The lowest BCUT2D eigenvalue weighted by Gasteiger charge is -2.43. The van der Waals surface area contributed by atoms with Gasteiger partial charge in [-0.15, -0.1) is 0 Å². The van der Waals surface area contributed by atoms with Crippen LogP contribution in [0.25, 0.3) is 6.08 Å². The second-order valence-electron chi connectivity index (χ2n) is 8.16. The summed E-state index contributed by atoms with van der Waals surface area (Å²) in [6, 6.07) is 12.6. The van der Waals surface area contributed by atoms with Crippen molar-refractivity contribution < 1.29 is 23.9 Å². The zero-order valence-electron chi connectivity index (χ0n) is 17.7. The van der Waals surface area contributed by atoms with Crippen LogP contribution in [0.1, 0.15) is 51.1 Å². The first-order valence-electron chi connectivity index (χ1n) is 10.4. The first-order chi connectivity index (χ1) is 14.9. The Morgan fingerprint density at radius 1 is 1.10 bits per heavy atom. The molecule has 1 saturated heterocycles. The minimum Gasteiger partial charge on any atom is -0.486 e. The number of hydrogen-bond donors (Lipinski definition) is 0. The summed E-state index contributed by atoms with van der Waals surface area (Å²) in [7, 11) is 1.34. The van der Waals surface area contributed by atoms with Crippen molar-refractivity contribution in [3.8, 4) is 5.75 Å². The quantitative estimate of drug-likeness (QED) is 0.559. The van der Waals surface area contributed by atoms with Crippen molar-refractivity contribution in [3.05, 3.63) is 70.8 Å². The van der Waals surface area contributed by atoms with Gasteiger partial charge in [0, 0.05) is 32.0 Å². The molecule has 160 valence electrons. The van der Waals surface area contributed by atoms with E-state index in [1.165, 1.54) is 13.2 Å². The number of aryl methyl sites for hydroxylation is 1. The highest BCUT2D eigenvalue weighted by Crippen LogP contribution is 2.39. The number of ketones is 1. The molecule has 2 aromatic carbocycles. The molecular formula is C25H25NO5. The molecule has 0 bridgehead atoms. The molecule has 1 amide bonds. The van der Waals surface area contributed by atoms with Gasteiger partial charge < -0.3 is 14.4 Å². The standard InChI is InChI=1S/C25H25NO5/c1-17-3-9-22-20(15-17)21(27)16-25(31-22)11-13-26(14-12-25)23(28)10-6-18-4-7-19(8-5-18)24(29)30-2/h3-10,15H,11-14,16H2,1-2H3/b10-6+. The van der Waals surface area contributed by atoms with E-state index in [2.05, 4.69) is 4.74 Å². The number of carbonyl (C=O) groups is 3. The first kappa shape index (κ1) is 20.8. The van der Waals surface area contributed by atoms with E-state index < -0.39 is 11.6 Å². The third kappa shape index (κ3) is 4.38. The van der Waals surface area contributed by atoms with Crippen LogP contribution >= 0.6 is 0 Å². The Balaban J connectivity index is 1.37. The fourth-order valence-corrected chi connectivity index (χ4v) is 4.14. The highest BCUT2D eigenvalue weighted by Gasteiger charge is 2.43. The largest absolute Gasteiger partial charge is 0.486 e. The van der Waals surface area contributed by atoms with E-state index in [9.17, 15) is 14.4 Å². The van der Waals surface area contributed by atoms with Crippen molar-refractivity contribution in [2.45, 2.75) is 31.8 Å². The van der Waals surface area contributed by atoms with Crippen molar-refractivity contribution in [1.82, 2.24) is 4.90 Å². The van der Waals surface area contributed by atoms with Crippen molar-refractivity contribution in [3.63, 3.8) is 0 Å². The third-order valence-corrected chi connectivity index (χ3v) is 5.98. The summed E-state index contributed by atoms with van der Waals surface area (Å²) < 4.78 is 11.0. The Morgan fingerprint density at radius 3 is 2.48 bits per heavy atom. The number of methoxy groups -OCH3 is 1. The number of hydrogen-bond acceptors (Lipinski definition) is 5. The lowest BCUT2D eigenvalue weighted by Crippen LogP contribution is -2.52. The maximum absolute atomic E-state index is 12.7. The number of carbonyl (C=O) groups excluding carboxylic acids is 3. The second kappa shape index (κ2) is 8.38. The Morgan fingerprint density at radius 2 is 1.81 bits per heavy atom. The Hall–Kier alpha value is -3.41.